The predicted octanol–water partition coefficient (Wildman–Crippen LogP) is 2.10. The van der Waals surface area contributed by atoms with Gasteiger partial charge in [0, 0.05) is 22.6 Å². The largest absolute Gasteiger partial charge is 0.493 e. The predicted molar refractivity (Wildman–Crippen MR) is 108 cm³/mol. The molecule has 2 aliphatic rings. The maximum atomic E-state index is 13.2. The molecule has 5 rings (SSSR count). The monoisotopic (exact) mass is 408 g/mol. The summed E-state index contributed by atoms with van der Waals surface area (Å²) in [5, 5.41) is 11.8. The first kappa shape index (κ1) is 18.6. The average Bonchev–Trinajstić information content (AvgIpc) is 3.12. The highest BCUT2D eigenvalue weighted by Crippen LogP contribution is 2.40. The van der Waals surface area contributed by atoms with E-state index in [9.17, 15) is 14.7 Å². The summed E-state index contributed by atoms with van der Waals surface area (Å²) in [4.78, 5) is 30.2. The van der Waals surface area contributed by atoms with Gasteiger partial charge in [-0.2, -0.15) is 0 Å². The second-order valence-corrected chi connectivity index (χ2v) is 7.50. The van der Waals surface area contributed by atoms with Crippen molar-refractivity contribution in [3.63, 3.8) is 0 Å². The van der Waals surface area contributed by atoms with Gasteiger partial charge in [0.05, 0.1) is 43.2 Å². The summed E-state index contributed by atoms with van der Waals surface area (Å²) in [6, 6.07) is 7.30. The molecule has 2 aliphatic heterocycles. The number of esters is 1. The molecule has 0 spiro atoms. The summed E-state index contributed by atoms with van der Waals surface area (Å²) in [6.07, 6.45) is 0.108. The number of rotatable bonds is 3. The number of carbonyl (C=O) groups is 1. The van der Waals surface area contributed by atoms with E-state index in [1.807, 2.05) is 12.1 Å². The number of benzene rings is 1. The third kappa shape index (κ3) is 2.34. The minimum Gasteiger partial charge on any atom is -0.493 e. The number of methoxy groups -OCH3 is 2. The van der Waals surface area contributed by atoms with Gasteiger partial charge in [-0.15, -0.1) is 0 Å². The highest BCUT2D eigenvalue weighted by Gasteiger charge is 2.45. The Kier molecular flexibility index (Phi) is 3.91. The van der Waals surface area contributed by atoms with Crippen LogP contribution in [0.3, 0.4) is 0 Å². The number of nitrogens with zero attached hydrogens (tertiary/aromatic N) is 2. The molecule has 0 amide bonds. The Bertz CT molecular complexity index is 1300. The van der Waals surface area contributed by atoms with Crippen LogP contribution in [0.4, 0.5) is 0 Å². The maximum absolute atomic E-state index is 13.2. The molecule has 154 valence electrons. The van der Waals surface area contributed by atoms with E-state index in [1.54, 1.807) is 37.8 Å². The van der Waals surface area contributed by atoms with E-state index < -0.39 is 11.6 Å². The van der Waals surface area contributed by atoms with Gasteiger partial charge in [-0.05, 0) is 24.6 Å². The summed E-state index contributed by atoms with van der Waals surface area (Å²) in [6.45, 7) is 1.89. The van der Waals surface area contributed by atoms with Gasteiger partial charge < -0.3 is 23.9 Å². The Labute approximate surface area is 171 Å². The SMILES string of the molecule is CC[C@@]1(O)C(=O)OCc2c1cc1n(c2=O)Cc2cc3cc(OC)c(OC)cc3nc2-1. The fourth-order valence-electron chi connectivity index (χ4n) is 4.31. The number of carbonyl (C=O) groups excluding carboxylic acids is 1. The van der Waals surface area contributed by atoms with E-state index in [-0.39, 0.29) is 18.6 Å². The van der Waals surface area contributed by atoms with E-state index in [0.717, 1.165) is 10.9 Å². The summed E-state index contributed by atoms with van der Waals surface area (Å²) < 4.78 is 17.5. The fraction of sp³-hybridized carbons (Fsp3) is 0.318. The van der Waals surface area contributed by atoms with Crippen molar-refractivity contribution >= 4 is 16.9 Å². The molecule has 0 bridgehead atoms. The first-order valence-corrected chi connectivity index (χ1v) is 9.64. The van der Waals surface area contributed by atoms with Crippen molar-refractivity contribution in [3.05, 3.63) is 51.3 Å². The summed E-state index contributed by atoms with van der Waals surface area (Å²) in [7, 11) is 3.13. The van der Waals surface area contributed by atoms with Crippen molar-refractivity contribution in [1.29, 1.82) is 0 Å². The van der Waals surface area contributed by atoms with Crippen molar-refractivity contribution in [2.45, 2.75) is 32.1 Å². The van der Waals surface area contributed by atoms with Crippen LogP contribution in [0.15, 0.2) is 29.1 Å². The molecule has 1 atom stereocenters. The second kappa shape index (κ2) is 6.30. The molecule has 0 unspecified atom stereocenters. The van der Waals surface area contributed by atoms with Crippen molar-refractivity contribution in [2.75, 3.05) is 14.2 Å². The van der Waals surface area contributed by atoms with Gasteiger partial charge in [-0.1, -0.05) is 6.92 Å². The molecule has 0 radical (unpaired) electrons. The lowest BCUT2D eigenvalue weighted by Crippen LogP contribution is -2.44. The van der Waals surface area contributed by atoms with Crippen LogP contribution in [0.1, 0.15) is 30.0 Å². The zero-order chi connectivity index (χ0) is 21.2. The maximum Gasteiger partial charge on any atom is 0.343 e. The lowest BCUT2D eigenvalue weighted by atomic mass is 9.86. The summed E-state index contributed by atoms with van der Waals surface area (Å²) >= 11 is 0. The molecular formula is C22H20N2O6. The quantitative estimate of drug-likeness (QED) is 0.518. The second-order valence-electron chi connectivity index (χ2n) is 7.50. The number of hydrogen-bond donors (Lipinski definition) is 1. The smallest absolute Gasteiger partial charge is 0.343 e. The Morgan fingerprint density at radius 3 is 2.60 bits per heavy atom. The van der Waals surface area contributed by atoms with Gasteiger partial charge in [-0.3, -0.25) is 4.79 Å². The van der Waals surface area contributed by atoms with Gasteiger partial charge in [0.25, 0.3) is 5.56 Å². The molecule has 1 aromatic carbocycles. The minimum atomic E-state index is -1.83. The van der Waals surface area contributed by atoms with E-state index in [0.29, 0.717) is 46.1 Å². The number of fused-ring (bicyclic) bond motifs is 5. The molecule has 1 N–H and O–H groups in total. The zero-order valence-electron chi connectivity index (χ0n) is 16.8. The molecule has 0 fully saturated rings. The molecule has 4 heterocycles. The fourth-order valence-corrected chi connectivity index (χ4v) is 4.31. The number of cyclic esters (lactones) is 1. The van der Waals surface area contributed by atoms with Crippen LogP contribution in [0.25, 0.3) is 22.3 Å². The Morgan fingerprint density at radius 1 is 1.17 bits per heavy atom. The van der Waals surface area contributed by atoms with Gasteiger partial charge in [0.1, 0.15) is 6.61 Å². The number of hydrogen-bond acceptors (Lipinski definition) is 7. The lowest BCUT2D eigenvalue weighted by Gasteiger charge is -2.31. The van der Waals surface area contributed by atoms with Gasteiger partial charge in [0.2, 0.25) is 0 Å². The van der Waals surface area contributed by atoms with Crippen molar-refractivity contribution in [1.82, 2.24) is 9.55 Å². The van der Waals surface area contributed by atoms with Crippen LogP contribution in [0, 0.1) is 0 Å². The van der Waals surface area contributed by atoms with E-state index in [2.05, 4.69) is 0 Å². The van der Waals surface area contributed by atoms with Gasteiger partial charge >= 0.3 is 5.97 Å². The van der Waals surface area contributed by atoms with E-state index in [4.69, 9.17) is 19.2 Å². The van der Waals surface area contributed by atoms with Crippen molar-refractivity contribution in [2.24, 2.45) is 0 Å². The Hall–Kier alpha value is -3.39. The number of ether oxygens (including phenoxy) is 3. The van der Waals surface area contributed by atoms with E-state index >= 15 is 0 Å². The van der Waals surface area contributed by atoms with Crippen molar-refractivity contribution in [3.8, 4) is 22.9 Å². The van der Waals surface area contributed by atoms with Crippen LogP contribution in [-0.4, -0.2) is 34.8 Å². The number of pyridine rings is 2. The molecule has 2 aromatic heterocycles. The normalized spacial score (nSPS) is 19.1. The number of aliphatic hydroxyl groups is 1. The van der Waals surface area contributed by atoms with Crippen LogP contribution >= 0.6 is 0 Å². The molecule has 30 heavy (non-hydrogen) atoms. The van der Waals surface area contributed by atoms with Gasteiger partial charge in [-0.25, -0.2) is 9.78 Å². The van der Waals surface area contributed by atoms with E-state index in [1.165, 1.54) is 0 Å². The third-order valence-electron chi connectivity index (χ3n) is 6.01. The Morgan fingerprint density at radius 2 is 1.90 bits per heavy atom. The van der Waals surface area contributed by atoms with Crippen LogP contribution in [-0.2, 0) is 28.3 Å². The summed E-state index contributed by atoms with van der Waals surface area (Å²) in [5.41, 5.74) is 1.29. The first-order valence-electron chi connectivity index (χ1n) is 9.64. The highest BCUT2D eigenvalue weighted by atomic mass is 16.6. The van der Waals surface area contributed by atoms with Crippen molar-refractivity contribution < 1.29 is 24.1 Å². The summed E-state index contributed by atoms with van der Waals surface area (Å²) in [5.74, 6) is 0.420. The molecular weight excluding hydrogens is 388 g/mol. The number of aromatic nitrogens is 2. The average molecular weight is 408 g/mol. The molecule has 0 saturated carbocycles. The third-order valence-corrected chi connectivity index (χ3v) is 6.01. The topological polar surface area (TPSA) is 99.9 Å². The molecule has 8 nitrogen and oxygen atoms in total. The van der Waals surface area contributed by atoms with Crippen LogP contribution in [0.5, 0.6) is 11.5 Å². The highest BCUT2D eigenvalue weighted by molar-refractivity contribution is 5.88. The van der Waals surface area contributed by atoms with Crippen LogP contribution < -0.4 is 15.0 Å². The van der Waals surface area contributed by atoms with Gasteiger partial charge in [0.15, 0.2) is 17.1 Å². The zero-order valence-corrected chi connectivity index (χ0v) is 16.8. The van der Waals surface area contributed by atoms with Crippen LogP contribution in [0.2, 0.25) is 0 Å². The standard InChI is InChI=1S/C22H20N2O6/c1-4-22(27)14-7-16-19-12(9-24(16)20(25)13(14)10-30-21(22)26)5-11-6-17(28-2)18(29-3)8-15(11)23-19/h5-8,27H,4,9-10H2,1-3H3/t22-/m0/s1. The Balaban J connectivity index is 1.76. The first-order chi connectivity index (χ1) is 14.4. The lowest BCUT2D eigenvalue weighted by molar-refractivity contribution is -0.172. The molecule has 0 aliphatic carbocycles. The molecule has 3 aromatic rings. The molecule has 8 heteroatoms. The minimum absolute atomic E-state index is 0.108. The molecule has 0 saturated heterocycles.